The van der Waals surface area contributed by atoms with Crippen LogP contribution in [0.5, 0.6) is 11.5 Å². The van der Waals surface area contributed by atoms with E-state index in [0.29, 0.717) is 23.6 Å². The standard InChI is InChI=1S/C24H19N3O4/c28-19(21-22(29)24(30)27-23(26-21)18-11-6-7-13-25-18)14-17-10-4-5-12-20(17)31-15-16-8-2-1-3-9-16/h1-13,29H,14-15H2,(H,26,27,30). The zero-order valence-electron chi connectivity index (χ0n) is 16.5. The molecule has 4 aromatic rings. The maximum atomic E-state index is 12.9. The smallest absolute Gasteiger partial charge is 0.294 e. The van der Waals surface area contributed by atoms with E-state index in [9.17, 15) is 14.7 Å². The van der Waals surface area contributed by atoms with E-state index in [1.54, 1.807) is 42.6 Å². The number of aromatic amines is 1. The summed E-state index contributed by atoms with van der Waals surface area (Å²) in [6.07, 6.45) is 1.46. The van der Waals surface area contributed by atoms with Gasteiger partial charge >= 0.3 is 0 Å². The number of aromatic hydroxyl groups is 1. The molecule has 0 spiro atoms. The maximum absolute atomic E-state index is 12.9. The van der Waals surface area contributed by atoms with Gasteiger partial charge in [-0.2, -0.15) is 0 Å². The fourth-order valence-corrected chi connectivity index (χ4v) is 3.07. The largest absolute Gasteiger partial charge is 0.501 e. The molecule has 0 unspecified atom stereocenters. The first-order chi connectivity index (χ1) is 15.1. The lowest BCUT2D eigenvalue weighted by molar-refractivity contribution is 0.0983. The average Bonchev–Trinajstić information content (AvgIpc) is 2.81. The van der Waals surface area contributed by atoms with Crippen molar-refractivity contribution in [3.63, 3.8) is 0 Å². The number of ketones is 1. The number of pyridine rings is 1. The first-order valence-electron chi connectivity index (χ1n) is 9.64. The van der Waals surface area contributed by atoms with Crippen molar-refractivity contribution in [2.75, 3.05) is 0 Å². The van der Waals surface area contributed by atoms with E-state index < -0.39 is 17.1 Å². The normalized spacial score (nSPS) is 10.6. The van der Waals surface area contributed by atoms with Gasteiger partial charge in [-0.25, -0.2) is 4.98 Å². The Kier molecular flexibility index (Phi) is 5.84. The van der Waals surface area contributed by atoms with Crippen LogP contribution in [-0.2, 0) is 13.0 Å². The van der Waals surface area contributed by atoms with Crippen molar-refractivity contribution >= 4 is 5.78 Å². The van der Waals surface area contributed by atoms with Crippen LogP contribution >= 0.6 is 0 Å². The zero-order chi connectivity index (χ0) is 21.6. The molecule has 0 aliphatic rings. The van der Waals surface area contributed by atoms with E-state index in [-0.39, 0.29) is 17.9 Å². The molecule has 0 saturated heterocycles. The van der Waals surface area contributed by atoms with Crippen LogP contribution in [0.25, 0.3) is 11.5 Å². The second-order valence-corrected chi connectivity index (χ2v) is 6.81. The van der Waals surface area contributed by atoms with Gasteiger partial charge in [-0.3, -0.25) is 14.6 Å². The highest BCUT2D eigenvalue weighted by atomic mass is 16.5. The van der Waals surface area contributed by atoms with Gasteiger partial charge in [0.2, 0.25) is 5.75 Å². The van der Waals surface area contributed by atoms with Gasteiger partial charge < -0.3 is 14.8 Å². The number of nitrogens with zero attached hydrogens (tertiary/aromatic N) is 2. The predicted molar refractivity (Wildman–Crippen MR) is 115 cm³/mol. The third-order valence-electron chi connectivity index (χ3n) is 4.63. The molecule has 7 heteroatoms. The van der Waals surface area contributed by atoms with Crippen LogP contribution < -0.4 is 10.3 Å². The second-order valence-electron chi connectivity index (χ2n) is 6.81. The topological polar surface area (TPSA) is 105 Å². The average molecular weight is 413 g/mol. The monoisotopic (exact) mass is 413 g/mol. The van der Waals surface area contributed by atoms with Crippen LogP contribution in [0.2, 0.25) is 0 Å². The molecule has 0 saturated carbocycles. The lowest BCUT2D eigenvalue weighted by Crippen LogP contribution is -2.17. The maximum Gasteiger partial charge on any atom is 0.294 e. The molecule has 4 rings (SSSR count). The molecule has 2 heterocycles. The summed E-state index contributed by atoms with van der Waals surface area (Å²) in [7, 11) is 0. The summed E-state index contributed by atoms with van der Waals surface area (Å²) in [6.45, 7) is 0.352. The van der Waals surface area contributed by atoms with Gasteiger partial charge in [0, 0.05) is 18.2 Å². The Morgan fingerprint density at radius 2 is 1.71 bits per heavy atom. The fourth-order valence-electron chi connectivity index (χ4n) is 3.07. The highest BCUT2D eigenvalue weighted by Crippen LogP contribution is 2.23. The predicted octanol–water partition coefficient (Wildman–Crippen LogP) is 3.54. The molecule has 0 fully saturated rings. The van der Waals surface area contributed by atoms with Crippen molar-refractivity contribution in [3.05, 3.63) is 106 Å². The van der Waals surface area contributed by atoms with Crippen LogP contribution in [-0.4, -0.2) is 25.8 Å². The molecular weight excluding hydrogens is 394 g/mol. The van der Waals surface area contributed by atoms with Crippen molar-refractivity contribution in [3.8, 4) is 23.0 Å². The van der Waals surface area contributed by atoms with Crippen LogP contribution in [0.15, 0.2) is 83.8 Å². The van der Waals surface area contributed by atoms with Crippen molar-refractivity contribution in [1.82, 2.24) is 15.0 Å². The minimum absolute atomic E-state index is 0.0867. The summed E-state index contributed by atoms with van der Waals surface area (Å²) >= 11 is 0. The fraction of sp³-hybridized carbons (Fsp3) is 0.0833. The van der Waals surface area contributed by atoms with E-state index in [1.165, 1.54) is 0 Å². The van der Waals surface area contributed by atoms with Gasteiger partial charge in [-0.1, -0.05) is 54.6 Å². The molecule has 0 bridgehead atoms. The Balaban J connectivity index is 1.59. The molecule has 0 aliphatic carbocycles. The Bertz CT molecular complexity index is 1250. The van der Waals surface area contributed by atoms with Gasteiger partial charge in [0.15, 0.2) is 17.3 Å². The lowest BCUT2D eigenvalue weighted by Gasteiger charge is -2.11. The Morgan fingerprint density at radius 3 is 2.48 bits per heavy atom. The van der Waals surface area contributed by atoms with Crippen molar-refractivity contribution in [2.45, 2.75) is 13.0 Å². The number of benzene rings is 2. The van der Waals surface area contributed by atoms with Gasteiger partial charge in [0.05, 0.1) is 0 Å². The van der Waals surface area contributed by atoms with E-state index in [0.717, 1.165) is 5.56 Å². The minimum atomic E-state index is -0.799. The molecular formula is C24H19N3O4. The highest BCUT2D eigenvalue weighted by Gasteiger charge is 2.20. The van der Waals surface area contributed by atoms with E-state index in [2.05, 4.69) is 15.0 Å². The molecule has 0 radical (unpaired) electrons. The van der Waals surface area contributed by atoms with Gasteiger partial charge in [0.25, 0.3) is 5.56 Å². The van der Waals surface area contributed by atoms with Gasteiger partial charge in [-0.15, -0.1) is 0 Å². The number of para-hydroxylation sites is 1. The van der Waals surface area contributed by atoms with Crippen LogP contribution in [0, 0.1) is 0 Å². The summed E-state index contributed by atoms with van der Waals surface area (Å²) in [5, 5.41) is 10.2. The van der Waals surface area contributed by atoms with Crippen LogP contribution in [0.3, 0.4) is 0 Å². The first-order valence-corrected chi connectivity index (χ1v) is 9.64. The molecule has 0 aliphatic heterocycles. The second kappa shape index (κ2) is 9.04. The summed E-state index contributed by atoms with van der Waals surface area (Å²) in [4.78, 5) is 35.8. The summed E-state index contributed by atoms with van der Waals surface area (Å²) in [5.74, 6) is -0.557. The summed E-state index contributed by atoms with van der Waals surface area (Å²) < 4.78 is 5.89. The number of rotatable bonds is 7. The summed E-state index contributed by atoms with van der Waals surface area (Å²) in [5.41, 5.74) is 0.914. The lowest BCUT2D eigenvalue weighted by atomic mass is 10.1. The molecule has 154 valence electrons. The first kappa shape index (κ1) is 20.0. The number of aromatic nitrogens is 3. The van der Waals surface area contributed by atoms with E-state index in [4.69, 9.17) is 4.74 Å². The number of hydrogen-bond donors (Lipinski definition) is 2. The quantitative estimate of drug-likeness (QED) is 0.449. The Labute approximate surface area is 178 Å². The third kappa shape index (κ3) is 4.67. The van der Waals surface area contributed by atoms with Gasteiger partial charge in [-0.05, 0) is 23.8 Å². The number of hydrogen-bond acceptors (Lipinski definition) is 6. The summed E-state index contributed by atoms with van der Waals surface area (Å²) in [6, 6.07) is 21.9. The third-order valence-corrected chi connectivity index (χ3v) is 4.63. The molecule has 2 N–H and O–H groups in total. The minimum Gasteiger partial charge on any atom is -0.501 e. The molecule has 0 atom stereocenters. The number of Topliss-reactive ketones (excluding diaryl/α,β-unsaturated/α-hetero) is 1. The number of ether oxygens (including phenoxy) is 1. The molecule has 7 nitrogen and oxygen atoms in total. The number of carbonyl (C=O) groups is 1. The van der Waals surface area contributed by atoms with Crippen molar-refractivity contribution < 1.29 is 14.6 Å². The Hall–Kier alpha value is -4.26. The number of H-pyrrole nitrogens is 1. The van der Waals surface area contributed by atoms with Crippen molar-refractivity contribution in [2.24, 2.45) is 0 Å². The van der Waals surface area contributed by atoms with Gasteiger partial charge in [0.1, 0.15) is 18.1 Å². The number of carbonyl (C=O) groups excluding carboxylic acids is 1. The zero-order valence-corrected chi connectivity index (χ0v) is 16.5. The molecule has 2 aromatic heterocycles. The van der Waals surface area contributed by atoms with Crippen molar-refractivity contribution in [1.29, 1.82) is 0 Å². The van der Waals surface area contributed by atoms with E-state index >= 15 is 0 Å². The molecule has 2 aromatic carbocycles. The Morgan fingerprint density at radius 1 is 0.968 bits per heavy atom. The molecule has 0 amide bonds. The van der Waals surface area contributed by atoms with E-state index in [1.807, 2.05) is 36.4 Å². The molecule has 31 heavy (non-hydrogen) atoms. The SMILES string of the molecule is O=C(Cc1ccccc1OCc1ccccc1)c1nc(-c2ccccn2)[nH]c(=O)c1O. The highest BCUT2D eigenvalue weighted by molar-refractivity contribution is 5.98. The number of nitrogens with one attached hydrogen (secondary N) is 1. The van der Waals surface area contributed by atoms with Crippen LogP contribution in [0.1, 0.15) is 21.6 Å². The van der Waals surface area contributed by atoms with Crippen LogP contribution in [0.4, 0.5) is 0 Å².